The molecule has 0 atom stereocenters. The standard InChI is InChI=1S/C24H29BO2S/c1-22(2)20-10-8-7-9-18(20)19-12-11-16(14-21(19)22)13-17(15-28)25-26-23(3,4)24(5,6)27-25/h7-14,28H,15H2,1-6H3. The molecule has 1 heterocycles. The zero-order chi connectivity index (χ0) is 20.3. The first-order valence-electron chi connectivity index (χ1n) is 9.98. The Morgan fingerprint density at radius 3 is 2.14 bits per heavy atom. The van der Waals surface area contributed by atoms with Crippen LogP contribution in [0, 0.1) is 0 Å². The molecular formula is C24H29BO2S. The van der Waals surface area contributed by atoms with Crippen LogP contribution in [0.1, 0.15) is 58.2 Å². The van der Waals surface area contributed by atoms with Crippen LogP contribution in [0.2, 0.25) is 0 Å². The van der Waals surface area contributed by atoms with Crippen LogP contribution in [0.5, 0.6) is 0 Å². The zero-order valence-electron chi connectivity index (χ0n) is 17.7. The predicted molar refractivity (Wildman–Crippen MR) is 122 cm³/mol. The van der Waals surface area contributed by atoms with E-state index in [2.05, 4.69) is 103 Å². The quantitative estimate of drug-likeness (QED) is 0.515. The molecule has 2 nitrogen and oxygen atoms in total. The van der Waals surface area contributed by atoms with Gasteiger partial charge in [-0.15, -0.1) is 0 Å². The van der Waals surface area contributed by atoms with Gasteiger partial charge in [-0.25, -0.2) is 0 Å². The molecule has 0 N–H and O–H groups in total. The van der Waals surface area contributed by atoms with E-state index in [0.29, 0.717) is 5.75 Å². The van der Waals surface area contributed by atoms with E-state index in [1.54, 1.807) is 0 Å². The third-order valence-corrected chi connectivity index (χ3v) is 7.06. The first-order valence-corrected chi connectivity index (χ1v) is 10.6. The molecular weight excluding hydrogens is 363 g/mol. The van der Waals surface area contributed by atoms with Gasteiger partial charge >= 0.3 is 7.12 Å². The molecule has 1 aliphatic heterocycles. The van der Waals surface area contributed by atoms with Crippen molar-refractivity contribution in [3.8, 4) is 11.1 Å². The van der Waals surface area contributed by atoms with Gasteiger partial charge in [0.25, 0.3) is 0 Å². The third-order valence-electron chi connectivity index (χ3n) is 6.70. The Kier molecular flexibility index (Phi) is 4.61. The smallest absolute Gasteiger partial charge is 0.400 e. The van der Waals surface area contributed by atoms with Crippen LogP contribution in [0.3, 0.4) is 0 Å². The average molecular weight is 392 g/mol. The van der Waals surface area contributed by atoms with E-state index in [1.807, 2.05) is 0 Å². The molecule has 0 radical (unpaired) electrons. The van der Waals surface area contributed by atoms with Gasteiger partial charge in [0, 0.05) is 11.2 Å². The molecule has 2 aliphatic rings. The number of fused-ring (bicyclic) bond motifs is 3. The van der Waals surface area contributed by atoms with E-state index in [1.165, 1.54) is 27.8 Å². The Balaban J connectivity index is 1.71. The molecule has 146 valence electrons. The topological polar surface area (TPSA) is 18.5 Å². The summed E-state index contributed by atoms with van der Waals surface area (Å²) in [5.41, 5.74) is 6.97. The maximum Gasteiger partial charge on any atom is 0.491 e. The maximum atomic E-state index is 6.23. The van der Waals surface area contributed by atoms with Gasteiger partial charge in [0.05, 0.1) is 11.2 Å². The molecule has 28 heavy (non-hydrogen) atoms. The van der Waals surface area contributed by atoms with Gasteiger partial charge in [-0.05, 0) is 61.0 Å². The molecule has 4 rings (SSSR count). The van der Waals surface area contributed by atoms with Crippen molar-refractivity contribution in [2.45, 2.75) is 58.2 Å². The summed E-state index contributed by atoms with van der Waals surface area (Å²) in [6.07, 6.45) is 2.18. The predicted octanol–water partition coefficient (Wildman–Crippen LogP) is 5.94. The van der Waals surface area contributed by atoms with Crippen LogP contribution in [0.25, 0.3) is 17.2 Å². The van der Waals surface area contributed by atoms with E-state index in [-0.39, 0.29) is 23.7 Å². The van der Waals surface area contributed by atoms with Crippen LogP contribution in [-0.4, -0.2) is 24.1 Å². The second kappa shape index (κ2) is 6.51. The number of rotatable bonds is 3. The molecule has 4 heteroatoms. The molecule has 0 aromatic heterocycles. The van der Waals surface area contributed by atoms with Crippen molar-refractivity contribution in [2.75, 3.05) is 5.75 Å². The minimum atomic E-state index is -0.360. The monoisotopic (exact) mass is 392 g/mol. The fraction of sp³-hybridized carbons (Fsp3) is 0.417. The van der Waals surface area contributed by atoms with Crippen molar-refractivity contribution in [1.29, 1.82) is 0 Å². The lowest BCUT2D eigenvalue weighted by Crippen LogP contribution is -2.41. The van der Waals surface area contributed by atoms with Crippen LogP contribution >= 0.6 is 12.6 Å². The van der Waals surface area contributed by atoms with Crippen molar-refractivity contribution in [3.05, 3.63) is 64.6 Å². The largest absolute Gasteiger partial charge is 0.491 e. The van der Waals surface area contributed by atoms with E-state index in [0.717, 1.165) is 5.47 Å². The van der Waals surface area contributed by atoms with Crippen molar-refractivity contribution >= 4 is 25.8 Å². The van der Waals surface area contributed by atoms with Crippen molar-refractivity contribution < 1.29 is 9.31 Å². The minimum absolute atomic E-state index is 0.00124. The summed E-state index contributed by atoms with van der Waals surface area (Å²) >= 11 is 4.56. The van der Waals surface area contributed by atoms with Crippen LogP contribution in [0.4, 0.5) is 0 Å². The fourth-order valence-corrected chi connectivity index (χ4v) is 4.45. The number of hydrogen-bond acceptors (Lipinski definition) is 3. The maximum absolute atomic E-state index is 6.23. The van der Waals surface area contributed by atoms with Gasteiger partial charge in [0.1, 0.15) is 0 Å². The Hall–Kier alpha value is -1.49. The second-order valence-corrected chi connectivity index (χ2v) is 9.76. The number of thiol groups is 1. The Morgan fingerprint density at radius 1 is 0.893 bits per heavy atom. The summed E-state index contributed by atoms with van der Waals surface area (Å²) in [5, 5.41) is 0. The summed E-state index contributed by atoms with van der Waals surface area (Å²) in [6.45, 7) is 12.9. The Labute approximate surface area is 174 Å². The lowest BCUT2D eigenvalue weighted by Gasteiger charge is -2.32. The highest BCUT2D eigenvalue weighted by atomic mass is 32.1. The summed E-state index contributed by atoms with van der Waals surface area (Å²) in [7, 11) is -0.360. The zero-order valence-corrected chi connectivity index (χ0v) is 18.6. The van der Waals surface area contributed by atoms with Gasteiger partial charge < -0.3 is 9.31 Å². The first-order chi connectivity index (χ1) is 13.1. The van der Waals surface area contributed by atoms with Gasteiger partial charge in [0.2, 0.25) is 0 Å². The van der Waals surface area contributed by atoms with E-state index >= 15 is 0 Å². The highest BCUT2D eigenvalue weighted by Gasteiger charge is 2.52. The van der Waals surface area contributed by atoms with Crippen LogP contribution in [0.15, 0.2) is 47.9 Å². The molecule has 0 bridgehead atoms. The lowest BCUT2D eigenvalue weighted by molar-refractivity contribution is 0.00578. The fourth-order valence-electron chi connectivity index (χ4n) is 4.21. The third kappa shape index (κ3) is 2.97. The van der Waals surface area contributed by atoms with Gasteiger partial charge in [-0.1, -0.05) is 62.4 Å². The van der Waals surface area contributed by atoms with Crippen molar-refractivity contribution in [3.63, 3.8) is 0 Å². The first kappa shape index (κ1) is 19.8. The van der Waals surface area contributed by atoms with Crippen LogP contribution in [-0.2, 0) is 14.7 Å². The highest BCUT2D eigenvalue weighted by molar-refractivity contribution is 7.80. The molecule has 1 fully saturated rings. The molecule has 0 saturated carbocycles. The average Bonchev–Trinajstić information content (AvgIpc) is 3.00. The van der Waals surface area contributed by atoms with Crippen LogP contribution < -0.4 is 0 Å². The highest BCUT2D eigenvalue weighted by Crippen LogP contribution is 2.48. The van der Waals surface area contributed by atoms with E-state index < -0.39 is 0 Å². The van der Waals surface area contributed by atoms with Gasteiger partial charge in [0.15, 0.2) is 0 Å². The summed E-state index contributed by atoms with van der Waals surface area (Å²) in [6, 6.07) is 15.5. The van der Waals surface area contributed by atoms with E-state index in [9.17, 15) is 0 Å². The summed E-state index contributed by atoms with van der Waals surface area (Å²) in [5.74, 6) is 0.595. The van der Waals surface area contributed by atoms with Crippen molar-refractivity contribution in [2.24, 2.45) is 0 Å². The molecule has 0 unspecified atom stereocenters. The lowest BCUT2D eigenvalue weighted by atomic mass is 9.77. The van der Waals surface area contributed by atoms with Gasteiger partial charge in [-0.3, -0.25) is 0 Å². The second-order valence-electron chi connectivity index (χ2n) is 9.44. The molecule has 2 aromatic rings. The summed E-state index contributed by atoms with van der Waals surface area (Å²) in [4.78, 5) is 0. The summed E-state index contributed by atoms with van der Waals surface area (Å²) < 4.78 is 12.5. The number of hydrogen-bond donors (Lipinski definition) is 1. The molecule has 1 saturated heterocycles. The Bertz CT molecular complexity index is 943. The number of benzene rings is 2. The molecule has 2 aromatic carbocycles. The normalized spacial score (nSPS) is 21.5. The van der Waals surface area contributed by atoms with Crippen molar-refractivity contribution in [1.82, 2.24) is 0 Å². The van der Waals surface area contributed by atoms with Gasteiger partial charge in [-0.2, -0.15) is 12.6 Å². The molecule has 0 amide bonds. The molecule has 0 spiro atoms. The Morgan fingerprint density at radius 2 is 1.50 bits per heavy atom. The SMILES string of the molecule is CC1(C)c2ccccc2-c2ccc(C=C(CS)B3OC(C)(C)C(C)(C)O3)cc21. The molecule has 1 aliphatic carbocycles. The van der Waals surface area contributed by atoms with E-state index in [4.69, 9.17) is 9.31 Å². The minimum Gasteiger partial charge on any atom is -0.400 e.